The van der Waals surface area contributed by atoms with E-state index < -0.39 is 0 Å². The minimum atomic E-state index is 0.579. The molecule has 0 fully saturated rings. The van der Waals surface area contributed by atoms with Gasteiger partial charge in [-0.2, -0.15) is 0 Å². The fourth-order valence-electron chi connectivity index (χ4n) is 4.21. The van der Waals surface area contributed by atoms with Crippen LogP contribution < -0.4 is 15.4 Å². The second kappa shape index (κ2) is 9.15. The molecular weight excluding hydrogens is 356 g/mol. The first-order valence-corrected chi connectivity index (χ1v) is 10.6. The van der Waals surface area contributed by atoms with E-state index >= 15 is 0 Å². The Morgan fingerprint density at radius 2 is 1.72 bits per heavy atom. The second-order valence-corrected chi connectivity index (χ2v) is 7.83. The van der Waals surface area contributed by atoms with Gasteiger partial charge in [0.05, 0.1) is 0 Å². The van der Waals surface area contributed by atoms with E-state index in [0.29, 0.717) is 12.5 Å². The lowest BCUT2D eigenvalue weighted by Crippen LogP contribution is -2.36. The molecule has 1 aliphatic heterocycles. The van der Waals surface area contributed by atoms with Crippen molar-refractivity contribution in [3.05, 3.63) is 83.9 Å². The summed E-state index contributed by atoms with van der Waals surface area (Å²) in [6, 6.07) is 25.6. The zero-order valence-electron chi connectivity index (χ0n) is 17.2. The Kier molecular flexibility index (Phi) is 6.16. The van der Waals surface area contributed by atoms with Gasteiger partial charge < -0.3 is 15.4 Å². The van der Waals surface area contributed by atoms with Gasteiger partial charge in [-0.15, -0.1) is 0 Å². The van der Waals surface area contributed by atoms with Crippen molar-refractivity contribution < 1.29 is 4.74 Å². The number of fused-ring (bicyclic) bond motifs is 1. The first-order valence-electron chi connectivity index (χ1n) is 10.6. The summed E-state index contributed by atoms with van der Waals surface area (Å²) in [5, 5.41) is 0. The summed E-state index contributed by atoms with van der Waals surface area (Å²) in [5.74, 6) is 1.59. The van der Waals surface area contributed by atoms with Crippen molar-refractivity contribution in [3.8, 4) is 16.9 Å². The summed E-state index contributed by atoms with van der Waals surface area (Å²) in [5.41, 5.74) is 12.2. The summed E-state index contributed by atoms with van der Waals surface area (Å²) >= 11 is 0. The van der Waals surface area contributed by atoms with Gasteiger partial charge in [0.15, 0.2) is 0 Å². The number of ether oxygens (including phenoxy) is 1. The monoisotopic (exact) mass is 386 g/mol. The van der Waals surface area contributed by atoms with Gasteiger partial charge in [-0.25, -0.2) is 0 Å². The lowest BCUT2D eigenvalue weighted by atomic mass is 9.90. The second-order valence-electron chi connectivity index (χ2n) is 7.83. The third-order valence-corrected chi connectivity index (χ3v) is 5.81. The van der Waals surface area contributed by atoms with E-state index in [1.165, 1.54) is 27.9 Å². The molecule has 29 heavy (non-hydrogen) atoms. The number of anilines is 1. The quantitative estimate of drug-likeness (QED) is 0.600. The van der Waals surface area contributed by atoms with Gasteiger partial charge in [-0.1, -0.05) is 60.7 Å². The molecule has 1 aliphatic rings. The number of benzene rings is 3. The number of hydrogen-bond acceptors (Lipinski definition) is 3. The Balaban J connectivity index is 1.43. The van der Waals surface area contributed by atoms with Crippen molar-refractivity contribution in [2.24, 2.45) is 11.7 Å². The number of hydrogen-bond donors (Lipinski definition) is 1. The molecule has 1 unspecified atom stereocenters. The van der Waals surface area contributed by atoms with E-state index in [1.54, 1.807) is 0 Å². The average Bonchev–Trinajstić information content (AvgIpc) is 2.78. The lowest BCUT2D eigenvalue weighted by Gasteiger charge is -2.35. The first-order chi connectivity index (χ1) is 14.3. The molecule has 3 heteroatoms. The highest BCUT2D eigenvalue weighted by atomic mass is 16.5. The van der Waals surface area contributed by atoms with Crippen LogP contribution in [-0.4, -0.2) is 19.6 Å². The standard InChI is InChI=1S/C26H30N2O/c1-2-28-18-21(14-15-27)16-24-12-13-25(17-26(24)28)29-19-20-8-10-23(11-9-20)22-6-4-3-5-7-22/h3-13,17,21H,2,14-16,18-19,27H2,1H3. The van der Waals surface area contributed by atoms with Crippen LogP contribution in [0.15, 0.2) is 72.8 Å². The van der Waals surface area contributed by atoms with Gasteiger partial charge in [0.25, 0.3) is 0 Å². The number of nitrogens with two attached hydrogens (primary N) is 1. The van der Waals surface area contributed by atoms with E-state index in [0.717, 1.165) is 38.2 Å². The van der Waals surface area contributed by atoms with Crippen LogP contribution in [0.1, 0.15) is 24.5 Å². The molecule has 2 N–H and O–H groups in total. The molecule has 0 radical (unpaired) electrons. The molecule has 0 amide bonds. The van der Waals surface area contributed by atoms with Crippen molar-refractivity contribution in [2.45, 2.75) is 26.4 Å². The molecule has 3 aromatic rings. The molecule has 0 aliphatic carbocycles. The van der Waals surface area contributed by atoms with Crippen molar-refractivity contribution >= 4 is 5.69 Å². The van der Waals surface area contributed by atoms with Gasteiger partial charge >= 0.3 is 0 Å². The average molecular weight is 387 g/mol. The van der Waals surface area contributed by atoms with Gasteiger partial charge in [-0.3, -0.25) is 0 Å². The number of rotatable bonds is 7. The van der Waals surface area contributed by atoms with Crippen molar-refractivity contribution in [3.63, 3.8) is 0 Å². The van der Waals surface area contributed by atoms with Crippen LogP contribution in [-0.2, 0) is 13.0 Å². The molecular formula is C26H30N2O. The van der Waals surface area contributed by atoms with E-state index in [2.05, 4.69) is 78.6 Å². The van der Waals surface area contributed by atoms with E-state index in [-0.39, 0.29) is 0 Å². The van der Waals surface area contributed by atoms with Gasteiger partial charge in [0.1, 0.15) is 12.4 Å². The normalized spacial score (nSPS) is 15.8. The van der Waals surface area contributed by atoms with E-state index in [4.69, 9.17) is 10.5 Å². The van der Waals surface area contributed by atoms with Crippen LogP contribution in [0.4, 0.5) is 5.69 Å². The van der Waals surface area contributed by atoms with Crippen LogP contribution in [0, 0.1) is 5.92 Å². The van der Waals surface area contributed by atoms with E-state index in [9.17, 15) is 0 Å². The van der Waals surface area contributed by atoms with Crippen LogP contribution >= 0.6 is 0 Å². The Morgan fingerprint density at radius 1 is 0.966 bits per heavy atom. The fraction of sp³-hybridized carbons (Fsp3) is 0.308. The Morgan fingerprint density at radius 3 is 2.45 bits per heavy atom. The first kappa shape index (κ1) is 19.5. The third kappa shape index (κ3) is 4.63. The Labute approximate surface area is 174 Å². The highest BCUT2D eigenvalue weighted by Gasteiger charge is 2.23. The summed E-state index contributed by atoms with van der Waals surface area (Å²) in [6.07, 6.45) is 2.21. The SMILES string of the molecule is CCN1CC(CCN)Cc2ccc(OCc3ccc(-c4ccccc4)cc3)cc21. The highest BCUT2D eigenvalue weighted by molar-refractivity contribution is 5.63. The summed E-state index contributed by atoms with van der Waals surface area (Å²) in [7, 11) is 0. The zero-order chi connectivity index (χ0) is 20.1. The molecule has 0 spiro atoms. The predicted molar refractivity (Wildman–Crippen MR) is 121 cm³/mol. The lowest BCUT2D eigenvalue weighted by molar-refractivity contribution is 0.306. The maximum atomic E-state index is 6.12. The minimum absolute atomic E-state index is 0.579. The maximum absolute atomic E-state index is 6.12. The van der Waals surface area contributed by atoms with Crippen LogP contribution in [0.5, 0.6) is 5.75 Å². The summed E-state index contributed by atoms with van der Waals surface area (Å²) < 4.78 is 6.12. The molecule has 0 aromatic heterocycles. The number of nitrogens with zero attached hydrogens (tertiary/aromatic N) is 1. The predicted octanol–water partition coefficient (Wildman–Crippen LogP) is 5.28. The van der Waals surface area contributed by atoms with Crippen LogP contribution in [0.2, 0.25) is 0 Å². The molecule has 3 nitrogen and oxygen atoms in total. The van der Waals surface area contributed by atoms with Crippen LogP contribution in [0.25, 0.3) is 11.1 Å². The van der Waals surface area contributed by atoms with Gasteiger partial charge in [0, 0.05) is 24.8 Å². The van der Waals surface area contributed by atoms with Crippen molar-refractivity contribution in [1.29, 1.82) is 0 Å². The fourth-order valence-corrected chi connectivity index (χ4v) is 4.21. The largest absolute Gasteiger partial charge is 0.489 e. The Hall–Kier alpha value is -2.78. The van der Waals surface area contributed by atoms with Gasteiger partial charge in [0.2, 0.25) is 0 Å². The topological polar surface area (TPSA) is 38.5 Å². The molecule has 1 heterocycles. The highest BCUT2D eigenvalue weighted by Crippen LogP contribution is 2.34. The maximum Gasteiger partial charge on any atom is 0.121 e. The molecule has 4 rings (SSSR count). The minimum Gasteiger partial charge on any atom is -0.489 e. The van der Waals surface area contributed by atoms with Crippen molar-refractivity contribution in [1.82, 2.24) is 0 Å². The van der Waals surface area contributed by atoms with E-state index in [1.807, 2.05) is 6.07 Å². The molecule has 3 aromatic carbocycles. The molecule has 0 bridgehead atoms. The molecule has 0 saturated heterocycles. The molecule has 150 valence electrons. The van der Waals surface area contributed by atoms with Crippen LogP contribution in [0.3, 0.4) is 0 Å². The smallest absolute Gasteiger partial charge is 0.121 e. The zero-order valence-corrected chi connectivity index (χ0v) is 17.2. The van der Waals surface area contributed by atoms with Crippen molar-refractivity contribution in [2.75, 3.05) is 24.5 Å². The Bertz CT molecular complexity index is 921. The molecule has 1 atom stereocenters. The summed E-state index contributed by atoms with van der Waals surface area (Å²) in [4.78, 5) is 2.46. The summed E-state index contributed by atoms with van der Waals surface area (Å²) in [6.45, 7) is 5.66. The molecule has 0 saturated carbocycles. The third-order valence-electron chi connectivity index (χ3n) is 5.81. The van der Waals surface area contributed by atoms with Gasteiger partial charge in [-0.05, 0) is 60.5 Å².